The molecule has 1 aliphatic rings. The molecule has 31 heavy (non-hydrogen) atoms. The van der Waals surface area contributed by atoms with E-state index >= 15 is 0 Å². The maximum atomic E-state index is 12.5. The molecule has 0 saturated carbocycles. The first kappa shape index (κ1) is 22.5. The van der Waals surface area contributed by atoms with Gasteiger partial charge in [-0.1, -0.05) is 13.3 Å². The number of hydrogen-bond acceptors (Lipinski definition) is 5. The third kappa shape index (κ3) is 6.38. The first-order valence-electron chi connectivity index (χ1n) is 10.8. The van der Waals surface area contributed by atoms with Crippen LogP contribution < -0.4 is 19.7 Å². The quantitative estimate of drug-likeness (QED) is 0.626. The van der Waals surface area contributed by atoms with Crippen LogP contribution in [0, 0.1) is 0 Å². The largest absolute Gasteiger partial charge is 0.497 e. The number of carbonyl (C=O) groups excluding carboxylic acids is 2. The van der Waals surface area contributed by atoms with Crippen LogP contribution in [0.25, 0.3) is 0 Å². The maximum Gasteiger partial charge on any atom is 0.251 e. The zero-order valence-electron chi connectivity index (χ0n) is 18.3. The van der Waals surface area contributed by atoms with E-state index in [0.29, 0.717) is 25.3 Å². The van der Waals surface area contributed by atoms with Crippen molar-refractivity contribution in [2.24, 2.45) is 0 Å². The summed E-state index contributed by atoms with van der Waals surface area (Å²) in [5, 5.41) is 2.72. The Kier molecular flexibility index (Phi) is 8.15. The molecule has 2 aromatic rings. The lowest BCUT2D eigenvalue weighted by atomic mass is 10.2. The first-order chi connectivity index (χ1) is 15.1. The lowest BCUT2D eigenvalue weighted by Gasteiger charge is -2.36. The molecule has 2 amide bonds. The predicted molar refractivity (Wildman–Crippen MR) is 121 cm³/mol. The molecular formula is C24H31N3O4. The van der Waals surface area contributed by atoms with Crippen molar-refractivity contribution < 1.29 is 19.1 Å². The average Bonchev–Trinajstić information content (AvgIpc) is 2.83. The summed E-state index contributed by atoms with van der Waals surface area (Å²) in [6.45, 7) is 5.55. The van der Waals surface area contributed by atoms with Gasteiger partial charge in [-0.15, -0.1) is 0 Å². The fraction of sp³-hybridized carbons (Fsp3) is 0.417. The Hall–Kier alpha value is -3.22. The summed E-state index contributed by atoms with van der Waals surface area (Å²) in [5.41, 5.74) is 1.63. The van der Waals surface area contributed by atoms with Gasteiger partial charge < -0.3 is 24.6 Å². The third-order valence-electron chi connectivity index (χ3n) is 5.35. The molecule has 1 aliphatic heterocycles. The molecule has 0 spiro atoms. The molecule has 1 heterocycles. The Balaban J connectivity index is 1.42. The molecule has 0 unspecified atom stereocenters. The fourth-order valence-electron chi connectivity index (χ4n) is 3.41. The van der Waals surface area contributed by atoms with Crippen LogP contribution in [0.15, 0.2) is 48.5 Å². The molecule has 0 atom stereocenters. The van der Waals surface area contributed by atoms with E-state index in [2.05, 4.69) is 17.1 Å². The normalized spacial score (nSPS) is 13.6. The Morgan fingerprint density at radius 2 is 1.58 bits per heavy atom. The molecular weight excluding hydrogens is 394 g/mol. The second-order valence-electron chi connectivity index (χ2n) is 7.47. The number of nitrogens with zero attached hydrogens (tertiary/aromatic N) is 2. The van der Waals surface area contributed by atoms with Crippen molar-refractivity contribution in [3.05, 3.63) is 54.1 Å². The van der Waals surface area contributed by atoms with E-state index in [-0.39, 0.29) is 18.4 Å². The van der Waals surface area contributed by atoms with Crippen LogP contribution in [0.2, 0.25) is 0 Å². The number of rotatable bonds is 9. The van der Waals surface area contributed by atoms with E-state index in [0.717, 1.165) is 43.1 Å². The number of piperazine rings is 1. The molecule has 1 fully saturated rings. The minimum Gasteiger partial charge on any atom is -0.497 e. The van der Waals surface area contributed by atoms with E-state index < -0.39 is 0 Å². The van der Waals surface area contributed by atoms with Crippen LogP contribution in [0.1, 0.15) is 30.1 Å². The van der Waals surface area contributed by atoms with Crippen LogP contribution in [0.4, 0.5) is 5.69 Å². The third-order valence-corrected chi connectivity index (χ3v) is 5.35. The van der Waals surface area contributed by atoms with E-state index in [4.69, 9.17) is 9.47 Å². The van der Waals surface area contributed by atoms with Crippen molar-refractivity contribution in [1.82, 2.24) is 10.2 Å². The van der Waals surface area contributed by atoms with Gasteiger partial charge in [0.2, 0.25) is 5.91 Å². The van der Waals surface area contributed by atoms with Crippen molar-refractivity contribution in [2.75, 3.05) is 51.3 Å². The van der Waals surface area contributed by atoms with Crippen LogP contribution in [0.3, 0.4) is 0 Å². The number of methoxy groups -OCH3 is 1. The van der Waals surface area contributed by atoms with Gasteiger partial charge >= 0.3 is 0 Å². The second kappa shape index (κ2) is 11.2. The number of unbranched alkanes of at least 4 members (excludes halogenated alkanes) is 1. The number of nitrogens with one attached hydrogen (secondary N) is 1. The standard InChI is InChI=1S/C24H31N3O4/c1-3-4-17-31-22-9-5-19(6-10-22)24(29)25-18-23(28)27-15-13-26(14-16-27)20-7-11-21(30-2)12-8-20/h5-12H,3-4,13-18H2,1-2H3,(H,25,29). The van der Waals surface area contributed by atoms with Gasteiger partial charge in [-0.25, -0.2) is 0 Å². The lowest BCUT2D eigenvalue weighted by molar-refractivity contribution is -0.130. The summed E-state index contributed by atoms with van der Waals surface area (Å²) in [6.07, 6.45) is 2.07. The molecule has 166 valence electrons. The molecule has 0 aromatic heterocycles. The molecule has 0 bridgehead atoms. The van der Waals surface area contributed by atoms with Crippen molar-refractivity contribution in [2.45, 2.75) is 19.8 Å². The molecule has 1 saturated heterocycles. The lowest BCUT2D eigenvalue weighted by Crippen LogP contribution is -2.51. The van der Waals surface area contributed by atoms with Gasteiger partial charge in [-0.3, -0.25) is 9.59 Å². The van der Waals surface area contributed by atoms with Gasteiger partial charge in [0.1, 0.15) is 11.5 Å². The number of amides is 2. The highest BCUT2D eigenvalue weighted by atomic mass is 16.5. The van der Waals surface area contributed by atoms with Crippen molar-refractivity contribution >= 4 is 17.5 Å². The van der Waals surface area contributed by atoms with Crippen LogP contribution in [0.5, 0.6) is 11.5 Å². The molecule has 2 aromatic carbocycles. The summed E-state index contributed by atoms with van der Waals surface area (Å²) in [6, 6.07) is 14.9. The number of hydrogen-bond donors (Lipinski definition) is 1. The van der Waals surface area contributed by atoms with Crippen LogP contribution in [-0.2, 0) is 4.79 Å². The zero-order valence-corrected chi connectivity index (χ0v) is 18.3. The van der Waals surface area contributed by atoms with Crippen molar-refractivity contribution in [3.8, 4) is 11.5 Å². The second-order valence-corrected chi connectivity index (χ2v) is 7.47. The molecule has 7 heteroatoms. The Bertz CT molecular complexity index is 844. The van der Waals surface area contributed by atoms with E-state index in [1.165, 1.54) is 0 Å². The Labute approximate surface area is 183 Å². The average molecular weight is 426 g/mol. The SMILES string of the molecule is CCCCOc1ccc(C(=O)NCC(=O)N2CCN(c3ccc(OC)cc3)CC2)cc1. The minimum absolute atomic E-state index is 0.00385. The van der Waals surface area contributed by atoms with Crippen LogP contribution >= 0.6 is 0 Å². The number of ether oxygens (including phenoxy) is 2. The van der Waals surface area contributed by atoms with Gasteiger partial charge in [0, 0.05) is 37.4 Å². The number of anilines is 1. The maximum absolute atomic E-state index is 12.5. The highest BCUT2D eigenvalue weighted by molar-refractivity contribution is 5.96. The smallest absolute Gasteiger partial charge is 0.251 e. The fourth-order valence-corrected chi connectivity index (χ4v) is 3.41. The van der Waals surface area contributed by atoms with Gasteiger partial charge in [0.05, 0.1) is 20.3 Å². The number of benzene rings is 2. The van der Waals surface area contributed by atoms with Gasteiger partial charge in [0.25, 0.3) is 5.91 Å². The molecule has 1 N–H and O–H groups in total. The van der Waals surface area contributed by atoms with Gasteiger partial charge in [-0.2, -0.15) is 0 Å². The number of carbonyl (C=O) groups is 2. The Morgan fingerprint density at radius 1 is 0.935 bits per heavy atom. The van der Waals surface area contributed by atoms with E-state index in [1.54, 1.807) is 36.3 Å². The molecule has 0 aliphatic carbocycles. The van der Waals surface area contributed by atoms with Gasteiger partial charge in [0.15, 0.2) is 0 Å². The minimum atomic E-state index is -0.259. The predicted octanol–water partition coefficient (Wildman–Crippen LogP) is 2.95. The van der Waals surface area contributed by atoms with E-state index in [9.17, 15) is 9.59 Å². The topological polar surface area (TPSA) is 71.1 Å². The Morgan fingerprint density at radius 3 is 2.19 bits per heavy atom. The molecule has 3 rings (SSSR count). The van der Waals surface area contributed by atoms with Crippen molar-refractivity contribution in [1.29, 1.82) is 0 Å². The zero-order chi connectivity index (χ0) is 22.1. The monoisotopic (exact) mass is 425 g/mol. The summed E-state index contributed by atoms with van der Waals surface area (Å²) in [4.78, 5) is 28.9. The molecule has 0 radical (unpaired) electrons. The van der Waals surface area contributed by atoms with Crippen molar-refractivity contribution in [3.63, 3.8) is 0 Å². The summed E-state index contributed by atoms with van der Waals surface area (Å²) < 4.78 is 10.8. The summed E-state index contributed by atoms with van der Waals surface area (Å²) >= 11 is 0. The highest BCUT2D eigenvalue weighted by Crippen LogP contribution is 2.20. The first-order valence-corrected chi connectivity index (χ1v) is 10.8. The van der Waals surface area contributed by atoms with Crippen LogP contribution in [-0.4, -0.2) is 63.2 Å². The summed E-state index contributed by atoms with van der Waals surface area (Å²) in [7, 11) is 1.65. The summed E-state index contributed by atoms with van der Waals surface area (Å²) in [5.74, 6) is 1.25. The van der Waals surface area contributed by atoms with E-state index in [1.807, 2.05) is 24.3 Å². The molecule has 7 nitrogen and oxygen atoms in total. The van der Waals surface area contributed by atoms with Gasteiger partial charge in [-0.05, 0) is 55.0 Å². The highest BCUT2D eigenvalue weighted by Gasteiger charge is 2.21.